The molecule has 5 rings (SSSR count). The van der Waals surface area contributed by atoms with Gasteiger partial charge in [0.1, 0.15) is 28.8 Å². The fraction of sp³-hybridized carbons (Fsp3) is 0.231. The molecule has 33 heavy (non-hydrogen) atoms. The number of aliphatic imine (C=N–C) groups is 1. The number of piperazine rings is 1. The van der Waals surface area contributed by atoms with E-state index in [-0.39, 0.29) is 17.8 Å². The molecular weight excluding hydrogens is 421 g/mol. The molecule has 0 spiro atoms. The lowest BCUT2D eigenvalue weighted by Gasteiger charge is -2.41. The van der Waals surface area contributed by atoms with Crippen molar-refractivity contribution in [3.05, 3.63) is 83.7 Å². The number of methoxy groups -OCH3 is 1. The van der Waals surface area contributed by atoms with Gasteiger partial charge in [0.15, 0.2) is 5.75 Å². The van der Waals surface area contributed by atoms with Crippen LogP contribution in [0, 0.1) is 5.82 Å². The molecule has 0 bridgehead atoms. The SMILES string of the molecule is COc1ccc2c(c1)C(N1CCN(C(=O)c3ccc(F)cc3)C(C)C1)=Nc1ccccc1O2. The number of carbonyl (C=O) groups is 1. The number of amidine groups is 1. The maximum absolute atomic E-state index is 13.3. The number of nitrogens with zero attached hydrogens (tertiary/aromatic N) is 3. The van der Waals surface area contributed by atoms with Crippen LogP contribution < -0.4 is 9.47 Å². The molecule has 1 saturated heterocycles. The molecular formula is C26H24FN3O3. The van der Waals surface area contributed by atoms with Gasteiger partial charge in [-0.2, -0.15) is 0 Å². The molecule has 168 valence electrons. The maximum Gasteiger partial charge on any atom is 0.254 e. The molecule has 1 unspecified atom stereocenters. The Morgan fingerprint density at radius 3 is 2.61 bits per heavy atom. The van der Waals surface area contributed by atoms with E-state index in [0.717, 1.165) is 17.1 Å². The van der Waals surface area contributed by atoms with Crippen molar-refractivity contribution >= 4 is 17.4 Å². The maximum atomic E-state index is 13.3. The van der Waals surface area contributed by atoms with Gasteiger partial charge in [-0.25, -0.2) is 9.38 Å². The average molecular weight is 445 g/mol. The van der Waals surface area contributed by atoms with E-state index >= 15 is 0 Å². The van der Waals surface area contributed by atoms with E-state index in [1.165, 1.54) is 24.3 Å². The van der Waals surface area contributed by atoms with Crippen LogP contribution in [0.4, 0.5) is 10.1 Å². The van der Waals surface area contributed by atoms with Crippen LogP contribution in [0.2, 0.25) is 0 Å². The first-order valence-corrected chi connectivity index (χ1v) is 10.9. The van der Waals surface area contributed by atoms with Crippen LogP contribution in [0.15, 0.2) is 71.7 Å². The van der Waals surface area contributed by atoms with Gasteiger partial charge < -0.3 is 19.3 Å². The molecule has 2 aliphatic heterocycles. The van der Waals surface area contributed by atoms with Crippen LogP contribution in [0.5, 0.6) is 17.2 Å². The Labute approximate surface area is 191 Å². The minimum absolute atomic E-state index is 0.0625. The Hall–Kier alpha value is -3.87. The molecule has 0 radical (unpaired) electrons. The highest BCUT2D eigenvalue weighted by molar-refractivity contribution is 6.04. The first-order chi connectivity index (χ1) is 16.0. The zero-order valence-corrected chi connectivity index (χ0v) is 18.5. The summed E-state index contributed by atoms with van der Waals surface area (Å²) in [6.45, 7) is 3.75. The zero-order chi connectivity index (χ0) is 22.9. The monoisotopic (exact) mass is 445 g/mol. The van der Waals surface area contributed by atoms with Crippen molar-refractivity contribution in [2.75, 3.05) is 26.7 Å². The third-order valence-corrected chi connectivity index (χ3v) is 6.02. The van der Waals surface area contributed by atoms with E-state index in [4.69, 9.17) is 14.5 Å². The van der Waals surface area contributed by atoms with Gasteiger partial charge in [-0.05, 0) is 61.5 Å². The number of amides is 1. The molecule has 7 heteroatoms. The van der Waals surface area contributed by atoms with Crippen molar-refractivity contribution in [3.8, 4) is 17.2 Å². The Bertz CT molecular complexity index is 1230. The quantitative estimate of drug-likeness (QED) is 0.565. The summed E-state index contributed by atoms with van der Waals surface area (Å²) in [7, 11) is 1.63. The van der Waals surface area contributed by atoms with E-state index in [1.54, 1.807) is 7.11 Å². The molecule has 1 atom stereocenters. The van der Waals surface area contributed by atoms with Crippen LogP contribution in [-0.4, -0.2) is 54.3 Å². The normalized spacial score (nSPS) is 17.3. The molecule has 1 amide bonds. The standard InChI is InChI=1S/C26H24FN3O3/c1-17-16-29(13-14-30(17)26(31)18-7-9-19(27)10-8-18)25-21-15-20(32-2)11-12-23(21)33-24-6-4-3-5-22(24)28-25/h3-12,15,17H,13-14,16H2,1-2H3. The number of carbonyl (C=O) groups excluding carboxylic acids is 1. The second-order valence-corrected chi connectivity index (χ2v) is 8.17. The second-order valence-electron chi connectivity index (χ2n) is 8.17. The molecule has 6 nitrogen and oxygen atoms in total. The number of hydrogen-bond donors (Lipinski definition) is 0. The summed E-state index contributed by atoms with van der Waals surface area (Å²) >= 11 is 0. The molecule has 0 aromatic heterocycles. The number of rotatable bonds is 2. The van der Waals surface area contributed by atoms with Crippen LogP contribution in [-0.2, 0) is 0 Å². The summed E-state index contributed by atoms with van der Waals surface area (Å²) in [5, 5.41) is 0. The predicted octanol–water partition coefficient (Wildman–Crippen LogP) is 4.86. The van der Waals surface area contributed by atoms with Gasteiger partial charge in [0.25, 0.3) is 5.91 Å². The number of benzene rings is 3. The van der Waals surface area contributed by atoms with Crippen molar-refractivity contribution in [1.29, 1.82) is 0 Å². The Morgan fingerprint density at radius 1 is 1.06 bits per heavy atom. The van der Waals surface area contributed by atoms with E-state index in [1.807, 2.05) is 54.3 Å². The number of ether oxygens (including phenoxy) is 2. The fourth-order valence-electron chi connectivity index (χ4n) is 4.28. The molecule has 3 aromatic rings. The van der Waals surface area contributed by atoms with Gasteiger partial charge >= 0.3 is 0 Å². The molecule has 2 aliphatic rings. The lowest BCUT2D eigenvalue weighted by molar-refractivity contribution is 0.0581. The molecule has 0 N–H and O–H groups in total. The Balaban J connectivity index is 1.46. The number of hydrogen-bond acceptors (Lipinski definition) is 5. The highest BCUT2D eigenvalue weighted by Crippen LogP contribution is 2.39. The summed E-state index contributed by atoms with van der Waals surface area (Å²) in [5.41, 5.74) is 2.08. The van der Waals surface area contributed by atoms with Gasteiger partial charge in [0.2, 0.25) is 0 Å². The Morgan fingerprint density at radius 2 is 1.85 bits per heavy atom. The first kappa shape index (κ1) is 21.0. The predicted molar refractivity (Wildman–Crippen MR) is 124 cm³/mol. The molecule has 0 saturated carbocycles. The van der Waals surface area contributed by atoms with E-state index in [0.29, 0.717) is 42.4 Å². The number of halogens is 1. The van der Waals surface area contributed by atoms with Crippen molar-refractivity contribution in [3.63, 3.8) is 0 Å². The van der Waals surface area contributed by atoms with Crippen molar-refractivity contribution < 1.29 is 18.7 Å². The van der Waals surface area contributed by atoms with Gasteiger partial charge in [0.05, 0.1) is 12.7 Å². The lowest BCUT2D eigenvalue weighted by Crippen LogP contribution is -2.55. The second kappa shape index (κ2) is 8.58. The fourth-order valence-corrected chi connectivity index (χ4v) is 4.28. The minimum atomic E-state index is -0.354. The van der Waals surface area contributed by atoms with Crippen LogP contribution in [0.1, 0.15) is 22.8 Å². The third-order valence-electron chi connectivity index (χ3n) is 6.02. The van der Waals surface area contributed by atoms with Gasteiger partial charge in [-0.1, -0.05) is 12.1 Å². The van der Waals surface area contributed by atoms with Crippen molar-refractivity contribution in [2.24, 2.45) is 4.99 Å². The summed E-state index contributed by atoms with van der Waals surface area (Å²) < 4.78 is 24.9. The van der Waals surface area contributed by atoms with Crippen LogP contribution >= 0.6 is 0 Å². The largest absolute Gasteiger partial charge is 0.497 e. The topological polar surface area (TPSA) is 54.4 Å². The van der Waals surface area contributed by atoms with E-state index in [2.05, 4.69) is 4.90 Å². The number of para-hydroxylation sites is 2. The zero-order valence-electron chi connectivity index (χ0n) is 18.5. The minimum Gasteiger partial charge on any atom is -0.497 e. The van der Waals surface area contributed by atoms with Crippen LogP contribution in [0.3, 0.4) is 0 Å². The van der Waals surface area contributed by atoms with Gasteiger partial charge in [-0.15, -0.1) is 0 Å². The molecule has 3 aromatic carbocycles. The smallest absolute Gasteiger partial charge is 0.254 e. The van der Waals surface area contributed by atoms with Crippen molar-refractivity contribution in [2.45, 2.75) is 13.0 Å². The summed E-state index contributed by atoms with van der Waals surface area (Å²) in [6, 6.07) is 19.0. The highest BCUT2D eigenvalue weighted by atomic mass is 19.1. The molecule has 0 aliphatic carbocycles. The summed E-state index contributed by atoms with van der Waals surface area (Å²) in [6.07, 6.45) is 0. The average Bonchev–Trinajstić information content (AvgIpc) is 3.00. The molecule has 2 heterocycles. The third kappa shape index (κ3) is 4.02. The van der Waals surface area contributed by atoms with Gasteiger partial charge in [0, 0.05) is 31.2 Å². The lowest BCUT2D eigenvalue weighted by atomic mass is 10.1. The first-order valence-electron chi connectivity index (χ1n) is 10.9. The van der Waals surface area contributed by atoms with Crippen LogP contribution in [0.25, 0.3) is 0 Å². The van der Waals surface area contributed by atoms with E-state index in [9.17, 15) is 9.18 Å². The van der Waals surface area contributed by atoms with E-state index < -0.39 is 0 Å². The highest BCUT2D eigenvalue weighted by Gasteiger charge is 2.32. The van der Waals surface area contributed by atoms with Gasteiger partial charge in [-0.3, -0.25) is 4.79 Å². The van der Waals surface area contributed by atoms with Crippen molar-refractivity contribution in [1.82, 2.24) is 9.80 Å². The summed E-state index contributed by atoms with van der Waals surface area (Å²) in [5.74, 6) is 2.45. The number of fused-ring (bicyclic) bond motifs is 2. The molecule has 1 fully saturated rings. The summed E-state index contributed by atoms with van der Waals surface area (Å²) in [4.78, 5) is 22.0. The Kier molecular flexibility index (Phi) is 5.46.